The summed E-state index contributed by atoms with van der Waals surface area (Å²) >= 11 is 0. The summed E-state index contributed by atoms with van der Waals surface area (Å²) in [6.07, 6.45) is 3.19. The molecular weight excluding hydrogens is 372 g/mol. The van der Waals surface area contributed by atoms with Gasteiger partial charge in [0.2, 0.25) is 5.88 Å². The number of ether oxygens (including phenoxy) is 3. The standard InChI is InChI=1S/C18H19F2N5O3/c19-18(20)28-14-3-1-13(2-4-14)17-23-22-15-11-21-12-16(25(15)17)27-10-7-24-5-8-26-9-6-24/h1-4,11-12,18H,5-10H2. The fourth-order valence-corrected chi connectivity index (χ4v) is 3.00. The number of aromatic nitrogens is 4. The van der Waals surface area contributed by atoms with Crippen LogP contribution in [0, 0.1) is 0 Å². The summed E-state index contributed by atoms with van der Waals surface area (Å²) in [5.74, 6) is 1.12. The second kappa shape index (κ2) is 8.44. The summed E-state index contributed by atoms with van der Waals surface area (Å²) in [6.45, 7) is 1.64. The highest BCUT2D eigenvalue weighted by Crippen LogP contribution is 2.25. The predicted octanol–water partition coefficient (Wildman–Crippen LogP) is 2.10. The predicted molar refractivity (Wildman–Crippen MR) is 95.6 cm³/mol. The summed E-state index contributed by atoms with van der Waals surface area (Å²) in [7, 11) is 0. The fraction of sp³-hybridized carbons (Fsp3) is 0.389. The SMILES string of the molecule is FC(F)Oc1ccc(-c2nnc3cncc(OCCN4CCOCC4)n23)cc1. The van der Waals surface area contributed by atoms with E-state index in [1.807, 2.05) is 0 Å². The Balaban J connectivity index is 1.53. The van der Waals surface area contributed by atoms with E-state index < -0.39 is 6.61 Å². The van der Waals surface area contributed by atoms with E-state index in [1.165, 1.54) is 12.1 Å². The number of fused-ring (bicyclic) bond motifs is 1. The minimum absolute atomic E-state index is 0.0798. The second-order valence-electron chi connectivity index (χ2n) is 6.17. The molecule has 1 aliphatic heterocycles. The van der Waals surface area contributed by atoms with E-state index >= 15 is 0 Å². The van der Waals surface area contributed by atoms with Crippen molar-refractivity contribution in [2.75, 3.05) is 39.5 Å². The van der Waals surface area contributed by atoms with E-state index in [4.69, 9.17) is 9.47 Å². The number of morpholine rings is 1. The van der Waals surface area contributed by atoms with Crippen LogP contribution in [-0.2, 0) is 4.74 Å². The van der Waals surface area contributed by atoms with Gasteiger partial charge in [-0.3, -0.25) is 9.88 Å². The summed E-state index contributed by atoms with van der Waals surface area (Å²) in [5, 5.41) is 8.31. The first-order valence-electron chi connectivity index (χ1n) is 8.88. The molecule has 1 saturated heterocycles. The van der Waals surface area contributed by atoms with E-state index in [0.29, 0.717) is 29.5 Å². The number of rotatable bonds is 7. The molecule has 10 heteroatoms. The molecule has 3 heterocycles. The highest BCUT2D eigenvalue weighted by atomic mass is 19.3. The van der Waals surface area contributed by atoms with Crippen LogP contribution in [0.15, 0.2) is 36.7 Å². The van der Waals surface area contributed by atoms with Crippen molar-refractivity contribution in [1.82, 2.24) is 24.5 Å². The average molecular weight is 391 g/mol. The van der Waals surface area contributed by atoms with Crippen molar-refractivity contribution >= 4 is 5.65 Å². The molecule has 28 heavy (non-hydrogen) atoms. The van der Waals surface area contributed by atoms with E-state index in [0.717, 1.165) is 32.8 Å². The van der Waals surface area contributed by atoms with Gasteiger partial charge in [0.05, 0.1) is 25.6 Å². The number of hydrogen-bond acceptors (Lipinski definition) is 7. The molecule has 148 valence electrons. The molecule has 2 aromatic heterocycles. The normalized spacial score (nSPS) is 15.2. The molecular formula is C18H19F2N5O3. The Labute approximate surface area is 159 Å². The molecule has 3 aromatic rings. The lowest BCUT2D eigenvalue weighted by Gasteiger charge is -2.26. The Hall–Kier alpha value is -2.85. The third kappa shape index (κ3) is 4.18. The van der Waals surface area contributed by atoms with Gasteiger partial charge in [-0.15, -0.1) is 10.2 Å². The Morgan fingerprint density at radius 3 is 2.61 bits per heavy atom. The van der Waals surface area contributed by atoms with Crippen LogP contribution in [0.3, 0.4) is 0 Å². The van der Waals surface area contributed by atoms with E-state index in [2.05, 4.69) is 24.8 Å². The molecule has 0 radical (unpaired) electrons. The molecule has 0 amide bonds. The minimum Gasteiger partial charge on any atom is -0.476 e. The molecule has 0 spiro atoms. The van der Waals surface area contributed by atoms with E-state index in [9.17, 15) is 8.78 Å². The minimum atomic E-state index is -2.86. The number of hydrogen-bond donors (Lipinski definition) is 0. The Morgan fingerprint density at radius 1 is 1.07 bits per heavy atom. The van der Waals surface area contributed by atoms with Crippen molar-refractivity contribution in [3.63, 3.8) is 0 Å². The molecule has 0 aliphatic carbocycles. The van der Waals surface area contributed by atoms with Gasteiger partial charge in [0.15, 0.2) is 11.5 Å². The number of nitrogens with zero attached hydrogens (tertiary/aromatic N) is 5. The molecule has 4 rings (SSSR count). The quantitative estimate of drug-likeness (QED) is 0.611. The van der Waals surface area contributed by atoms with Gasteiger partial charge >= 0.3 is 6.61 Å². The van der Waals surface area contributed by atoms with Crippen LogP contribution < -0.4 is 9.47 Å². The topological polar surface area (TPSA) is 74.0 Å². The average Bonchev–Trinajstić information content (AvgIpc) is 3.14. The second-order valence-corrected chi connectivity index (χ2v) is 6.17. The maximum atomic E-state index is 12.3. The van der Waals surface area contributed by atoms with Crippen molar-refractivity contribution in [3.05, 3.63) is 36.7 Å². The van der Waals surface area contributed by atoms with Gasteiger partial charge in [0, 0.05) is 25.2 Å². The monoisotopic (exact) mass is 391 g/mol. The van der Waals surface area contributed by atoms with Gasteiger partial charge < -0.3 is 14.2 Å². The zero-order chi connectivity index (χ0) is 19.3. The number of alkyl halides is 2. The Bertz CT molecular complexity index is 913. The first-order chi connectivity index (χ1) is 13.7. The van der Waals surface area contributed by atoms with Crippen molar-refractivity contribution in [1.29, 1.82) is 0 Å². The summed E-state index contributed by atoms with van der Waals surface area (Å²) < 4.78 is 42.1. The van der Waals surface area contributed by atoms with Crippen LogP contribution in [-0.4, -0.2) is 70.5 Å². The lowest BCUT2D eigenvalue weighted by atomic mass is 10.2. The Morgan fingerprint density at radius 2 is 1.86 bits per heavy atom. The van der Waals surface area contributed by atoms with E-state index in [-0.39, 0.29) is 5.75 Å². The van der Waals surface area contributed by atoms with E-state index in [1.54, 1.807) is 28.9 Å². The maximum Gasteiger partial charge on any atom is 0.387 e. The van der Waals surface area contributed by atoms with Crippen LogP contribution in [0.5, 0.6) is 11.6 Å². The first kappa shape index (κ1) is 18.5. The third-order valence-corrected chi connectivity index (χ3v) is 4.38. The van der Waals surface area contributed by atoms with Crippen molar-refractivity contribution in [3.8, 4) is 23.0 Å². The molecule has 1 aliphatic rings. The van der Waals surface area contributed by atoms with Crippen LogP contribution in [0.25, 0.3) is 17.0 Å². The van der Waals surface area contributed by atoms with Crippen molar-refractivity contribution < 1.29 is 23.0 Å². The van der Waals surface area contributed by atoms with Gasteiger partial charge in [-0.2, -0.15) is 8.78 Å². The van der Waals surface area contributed by atoms with Gasteiger partial charge in [-0.05, 0) is 24.3 Å². The summed E-state index contributed by atoms with van der Waals surface area (Å²) in [5.41, 5.74) is 1.23. The third-order valence-electron chi connectivity index (χ3n) is 4.38. The Kier molecular flexibility index (Phi) is 5.58. The van der Waals surface area contributed by atoms with Gasteiger partial charge in [0.25, 0.3) is 0 Å². The van der Waals surface area contributed by atoms with Crippen molar-refractivity contribution in [2.45, 2.75) is 6.61 Å². The van der Waals surface area contributed by atoms with Crippen LogP contribution in [0.1, 0.15) is 0 Å². The van der Waals surface area contributed by atoms with Gasteiger partial charge in [0.1, 0.15) is 12.4 Å². The summed E-state index contributed by atoms with van der Waals surface area (Å²) in [6, 6.07) is 6.21. The molecule has 1 fully saturated rings. The lowest BCUT2D eigenvalue weighted by Crippen LogP contribution is -2.38. The zero-order valence-electron chi connectivity index (χ0n) is 15.0. The molecule has 8 nitrogen and oxygen atoms in total. The van der Waals surface area contributed by atoms with Crippen LogP contribution in [0.2, 0.25) is 0 Å². The zero-order valence-corrected chi connectivity index (χ0v) is 15.0. The fourth-order valence-electron chi connectivity index (χ4n) is 3.00. The highest BCUT2D eigenvalue weighted by molar-refractivity contribution is 5.61. The van der Waals surface area contributed by atoms with Crippen molar-refractivity contribution in [2.24, 2.45) is 0 Å². The maximum absolute atomic E-state index is 12.3. The first-order valence-corrected chi connectivity index (χ1v) is 8.88. The smallest absolute Gasteiger partial charge is 0.387 e. The largest absolute Gasteiger partial charge is 0.476 e. The van der Waals surface area contributed by atoms with Gasteiger partial charge in [-0.25, -0.2) is 4.40 Å². The van der Waals surface area contributed by atoms with Gasteiger partial charge in [-0.1, -0.05) is 0 Å². The molecule has 0 saturated carbocycles. The van der Waals surface area contributed by atoms with Crippen LogP contribution in [0.4, 0.5) is 8.78 Å². The molecule has 0 unspecified atom stereocenters. The lowest BCUT2D eigenvalue weighted by molar-refractivity contribution is -0.0498. The number of halogens is 2. The molecule has 0 N–H and O–H groups in total. The summed E-state index contributed by atoms with van der Waals surface area (Å²) in [4.78, 5) is 6.42. The highest BCUT2D eigenvalue weighted by Gasteiger charge is 2.15. The molecule has 0 bridgehead atoms. The molecule has 1 aromatic carbocycles. The van der Waals surface area contributed by atoms with Crippen LogP contribution >= 0.6 is 0 Å². The number of benzene rings is 1. The molecule has 0 atom stereocenters.